The fourth-order valence-electron chi connectivity index (χ4n) is 1.27. The molecular weight excluding hydrogens is 182 g/mol. The van der Waals surface area contributed by atoms with Gasteiger partial charge in [-0.15, -0.1) is 0 Å². The monoisotopic (exact) mass is 195 g/mol. The van der Waals surface area contributed by atoms with Crippen LogP contribution in [0, 0.1) is 0 Å². The first-order chi connectivity index (χ1) is 5.93. The minimum atomic E-state index is -2.28. The number of aliphatic hydroxyl groups excluding tert-OH is 5. The number of rotatable bonds is 2. The molecule has 7 nitrogen and oxygen atoms in total. The van der Waals surface area contributed by atoms with E-state index < -0.39 is 36.9 Å². The highest BCUT2D eigenvalue weighted by molar-refractivity contribution is 5.02. The number of hydrogen-bond donors (Lipinski definition) is 7. The molecule has 0 radical (unpaired) electrons. The van der Waals surface area contributed by atoms with Crippen LogP contribution in [0.5, 0.6) is 0 Å². The molecule has 1 aliphatic rings. The van der Waals surface area contributed by atoms with Gasteiger partial charge < -0.3 is 30.6 Å². The van der Waals surface area contributed by atoms with E-state index in [0.717, 1.165) is 0 Å². The molecule has 7 heteroatoms. The van der Waals surface area contributed by atoms with Crippen molar-refractivity contribution in [2.24, 2.45) is 0 Å². The molecule has 1 unspecified atom stereocenters. The summed E-state index contributed by atoms with van der Waals surface area (Å²) in [5, 5.41) is 56.3. The molecule has 1 saturated heterocycles. The van der Waals surface area contributed by atoms with Crippen molar-refractivity contribution in [3.63, 3.8) is 0 Å². The lowest BCUT2D eigenvalue weighted by Gasteiger charge is -2.30. The van der Waals surface area contributed by atoms with Gasteiger partial charge in [0.2, 0.25) is 0 Å². The predicted molar refractivity (Wildman–Crippen MR) is 39.2 cm³/mol. The zero-order chi connectivity index (χ0) is 10.2. The summed E-state index contributed by atoms with van der Waals surface area (Å²) in [5.41, 5.74) is -2.28. The first-order valence-corrected chi connectivity index (χ1v) is 3.76. The van der Waals surface area contributed by atoms with Gasteiger partial charge >= 0.3 is 0 Å². The maximum atomic E-state index is 9.48. The van der Waals surface area contributed by atoms with Gasteiger partial charge in [0.25, 0.3) is 0 Å². The van der Waals surface area contributed by atoms with Crippen LogP contribution >= 0.6 is 0 Å². The van der Waals surface area contributed by atoms with Crippen LogP contribution in [0.3, 0.4) is 0 Å². The van der Waals surface area contributed by atoms with E-state index in [2.05, 4.69) is 0 Å². The lowest BCUT2D eigenvalue weighted by atomic mass is 10.0. The first-order valence-electron chi connectivity index (χ1n) is 3.76. The third-order valence-electron chi connectivity index (χ3n) is 2.16. The van der Waals surface area contributed by atoms with Crippen LogP contribution in [0.15, 0.2) is 0 Å². The molecule has 1 aliphatic heterocycles. The predicted octanol–water partition coefficient (Wildman–Crippen LogP) is -4.33. The van der Waals surface area contributed by atoms with E-state index in [4.69, 9.17) is 20.4 Å². The largest absolute Gasteiger partial charge is 0.394 e. The zero-order valence-electron chi connectivity index (χ0n) is 6.70. The second-order valence-electron chi connectivity index (χ2n) is 3.05. The smallest absolute Gasteiger partial charge is 0.175 e. The second-order valence-corrected chi connectivity index (χ2v) is 3.05. The van der Waals surface area contributed by atoms with Crippen molar-refractivity contribution < 1.29 is 30.6 Å². The molecule has 1 heterocycles. The van der Waals surface area contributed by atoms with Crippen LogP contribution < -0.4 is 5.32 Å². The van der Waals surface area contributed by atoms with Crippen LogP contribution in [-0.2, 0) is 0 Å². The summed E-state index contributed by atoms with van der Waals surface area (Å²) in [7, 11) is 0. The van der Waals surface area contributed by atoms with Gasteiger partial charge in [-0.25, -0.2) is 0 Å². The van der Waals surface area contributed by atoms with Crippen molar-refractivity contribution in [3.05, 3.63) is 0 Å². The molecule has 0 aromatic rings. The molecule has 0 saturated carbocycles. The molecular formula is C6H13NO6. The van der Waals surface area contributed by atoms with Crippen molar-refractivity contribution in [1.29, 1.82) is 0 Å². The Labute approximate surface area is 73.9 Å². The highest BCUT2D eigenvalue weighted by atomic mass is 16.4. The Kier molecular flexibility index (Phi) is 2.88. The van der Waals surface area contributed by atoms with Gasteiger partial charge in [-0.3, -0.25) is 5.32 Å². The van der Waals surface area contributed by atoms with Crippen LogP contribution in [-0.4, -0.2) is 67.5 Å². The molecule has 0 amide bonds. The van der Waals surface area contributed by atoms with Gasteiger partial charge in [0, 0.05) is 0 Å². The molecule has 5 atom stereocenters. The Morgan fingerprint density at radius 2 is 1.85 bits per heavy atom. The molecule has 7 N–H and O–H groups in total. The Hall–Kier alpha value is -0.280. The maximum absolute atomic E-state index is 9.48. The van der Waals surface area contributed by atoms with E-state index in [1.54, 1.807) is 0 Å². The molecule has 0 aromatic heterocycles. The SMILES string of the molecule is OC[C@@H](O)[C@]1(O)NC(O)[C@@H](O)[C@H]1O. The van der Waals surface area contributed by atoms with Crippen LogP contribution in [0.1, 0.15) is 0 Å². The number of nitrogens with one attached hydrogen (secondary N) is 1. The van der Waals surface area contributed by atoms with Gasteiger partial charge in [0.1, 0.15) is 24.5 Å². The van der Waals surface area contributed by atoms with Gasteiger partial charge in [0.05, 0.1) is 6.61 Å². The van der Waals surface area contributed by atoms with E-state index in [1.807, 2.05) is 5.32 Å². The van der Waals surface area contributed by atoms with Gasteiger partial charge in [-0.1, -0.05) is 0 Å². The summed E-state index contributed by atoms with van der Waals surface area (Å²) in [5.74, 6) is 0. The van der Waals surface area contributed by atoms with E-state index >= 15 is 0 Å². The fraction of sp³-hybridized carbons (Fsp3) is 1.00. The topological polar surface area (TPSA) is 133 Å². The third-order valence-corrected chi connectivity index (χ3v) is 2.16. The lowest BCUT2D eigenvalue weighted by molar-refractivity contribution is -0.168. The average molecular weight is 195 g/mol. The Balaban J connectivity index is 2.80. The summed E-state index contributed by atoms with van der Waals surface area (Å²) in [6, 6.07) is 0. The molecule has 0 aliphatic carbocycles. The molecule has 0 aromatic carbocycles. The van der Waals surface area contributed by atoms with Gasteiger partial charge in [-0.2, -0.15) is 0 Å². The van der Waals surface area contributed by atoms with Crippen molar-refractivity contribution >= 4 is 0 Å². The standard InChI is InChI=1S/C6H13NO6/c8-1-2(9)6(13)4(11)3(10)5(12)7-6/h2-5,7-13H,1H2/t2-,3+,4-,5?,6-/m1/s1. The van der Waals surface area contributed by atoms with Crippen LogP contribution in [0.2, 0.25) is 0 Å². The molecule has 1 fully saturated rings. The van der Waals surface area contributed by atoms with Crippen molar-refractivity contribution in [2.45, 2.75) is 30.3 Å². The van der Waals surface area contributed by atoms with Crippen LogP contribution in [0.25, 0.3) is 0 Å². The maximum Gasteiger partial charge on any atom is 0.175 e. The quantitative estimate of drug-likeness (QED) is 0.237. The van der Waals surface area contributed by atoms with E-state index in [0.29, 0.717) is 0 Å². The van der Waals surface area contributed by atoms with E-state index in [1.165, 1.54) is 0 Å². The molecule has 1 rings (SSSR count). The van der Waals surface area contributed by atoms with Crippen molar-refractivity contribution in [3.8, 4) is 0 Å². The zero-order valence-corrected chi connectivity index (χ0v) is 6.70. The fourth-order valence-corrected chi connectivity index (χ4v) is 1.27. The minimum Gasteiger partial charge on any atom is -0.394 e. The van der Waals surface area contributed by atoms with E-state index in [-0.39, 0.29) is 0 Å². The van der Waals surface area contributed by atoms with Crippen molar-refractivity contribution in [1.82, 2.24) is 5.32 Å². The molecule has 13 heavy (non-hydrogen) atoms. The van der Waals surface area contributed by atoms with E-state index in [9.17, 15) is 10.2 Å². The second kappa shape index (κ2) is 3.46. The number of aliphatic hydroxyl groups is 6. The highest BCUT2D eigenvalue weighted by Crippen LogP contribution is 2.24. The van der Waals surface area contributed by atoms with Gasteiger partial charge in [-0.05, 0) is 0 Å². The lowest BCUT2D eigenvalue weighted by Crippen LogP contribution is -2.59. The molecule has 0 bridgehead atoms. The molecule has 0 spiro atoms. The summed E-state index contributed by atoms with van der Waals surface area (Å²) in [6.07, 6.45) is -6.59. The summed E-state index contributed by atoms with van der Waals surface area (Å²) in [4.78, 5) is 0. The average Bonchev–Trinajstić information content (AvgIpc) is 2.30. The Bertz CT molecular complexity index is 190. The third kappa shape index (κ3) is 1.55. The summed E-state index contributed by atoms with van der Waals surface area (Å²) in [6.45, 7) is -0.806. The molecule has 78 valence electrons. The summed E-state index contributed by atoms with van der Waals surface area (Å²) < 4.78 is 0. The van der Waals surface area contributed by atoms with Crippen molar-refractivity contribution in [2.75, 3.05) is 6.61 Å². The summed E-state index contributed by atoms with van der Waals surface area (Å²) >= 11 is 0. The van der Waals surface area contributed by atoms with Gasteiger partial charge in [0.15, 0.2) is 5.72 Å². The van der Waals surface area contributed by atoms with Crippen LogP contribution in [0.4, 0.5) is 0 Å². The first kappa shape index (κ1) is 10.8. The Morgan fingerprint density at radius 1 is 1.31 bits per heavy atom. The Morgan fingerprint density at radius 3 is 2.15 bits per heavy atom. The number of hydrogen-bond acceptors (Lipinski definition) is 7. The normalized spacial score (nSPS) is 48.0. The minimum absolute atomic E-state index is 0.806. The highest BCUT2D eigenvalue weighted by Gasteiger charge is 2.54.